The van der Waals surface area contributed by atoms with Crippen molar-refractivity contribution in [3.05, 3.63) is 72.8 Å². The lowest BCUT2D eigenvalue weighted by atomic mass is 9.83. The number of nitrogens with one attached hydrogen (secondary N) is 1. The zero-order valence-electron chi connectivity index (χ0n) is 53.2. The SMILES string of the molecule is CCCCCCCCCCCCC(CCCCCCCCCCCC)n1c(O)c2cc(OON)c3c4ccc5c6c4c(c(=N)cc-6c(=O)n(C(CCCCCCCCCCCC)CCCCCCCCCCCC)c5=O)c4ccc(c1=O)c2c43. The number of benzene rings is 5. The van der Waals surface area contributed by atoms with Crippen LogP contribution in [0.4, 0.5) is 0 Å². The highest BCUT2D eigenvalue weighted by Crippen LogP contribution is 2.50. The molecule has 1 aliphatic heterocycles. The van der Waals surface area contributed by atoms with Crippen molar-refractivity contribution >= 4 is 53.9 Å². The molecule has 0 amide bonds. The number of hydrogen-bond acceptors (Lipinski definition) is 8. The molecule has 10 heteroatoms. The van der Waals surface area contributed by atoms with Gasteiger partial charge in [0.15, 0.2) is 5.75 Å². The molecule has 1 aliphatic carbocycles. The second-order valence-corrected chi connectivity index (χ2v) is 25.8. The van der Waals surface area contributed by atoms with Crippen molar-refractivity contribution in [2.45, 2.75) is 322 Å². The number of hydrogen-bond donors (Lipinski definition) is 3. The standard InChI is InChI=1S/C74H112N4O6/c1-5-9-13-17-21-25-29-33-37-41-45-55(46-42-38-34-30-26-22-18-14-10-6-2)77-71(79)59-52-50-58-68-64(83-84-76)54-62-66-60(51-49-57(70(66)68)67-63(75)53-61(73(77)81)65(59)69(58)67)72(80)78(74(62)82)56(47-43-39-35-31-27-23-19-15-11-7-3)48-44-40-36-32-28-24-20-16-12-8-4/h49-56,75,82H,5-48,76H2,1-4H3. The zero-order valence-corrected chi connectivity index (χ0v) is 53.2. The molecule has 7 rings (SSSR count). The molecule has 0 radical (unpaired) electrons. The van der Waals surface area contributed by atoms with Crippen LogP contribution in [0.5, 0.6) is 11.6 Å². The van der Waals surface area contributed by atoms with E-state index in [1.165, 1.54) is 193 Å². The number of aromatic hydroxyl groups is 1. The minimum Gasteiger partial charge on any atom is -0.494 e. The van der Waals surface area contributed by atoms with Crippen LogP contribution < -0.4 is 32.8 Å². The zero-order chi connectivity index (χ0) is 59.5. The lowest BCUT2D eigenvalue weighted by Crippen LogP contribution is -2.38. The van der Waals surface area contributed by atoms with Gasteiger partial charge in [-0.15, -0.1) is 0 Å². The molecule has 4 aromatic carbocycles. The lowest BCUT2D eigenvalue weighted by Gasteiger charge is -2.26. The van der Waals surface area contributed by atoms with Crippen LogP contribution in [0.3, 0.4) is 0 Å². The largest absolute Gasteiger partial charge is 0.494 e. The molecule has 2 aliphatic rings. The number of aromatic nitrogens is 2. The summed E-state index contributed by atoms with van der Waals surface area (Å²) in [5.41, 5.74) is 0.0696. The Labute approximate surface area is 504 Å². The van der Waals surface area contributed by atoms with Gasteiger partial charge in [-0.3, -0.25) is 23.5 Å². The first-order chi connectivity index (χ1) is 41.2. The number of nitrogens with zero attached hydrogens (tertiary/aromatic N) is 2. The van der Waals surface area contributed by atoms with Gasteiger partial charge in [0.05, 0.1) is 10.9 Å². The van der Waals surface area contributed by atoms with Crippen LogP contribution in [0.25, 0.3) is 65.0 Å². The maximum atomic E-state index is 15.2. The molecule has 2 heterocycles. The predicted octanol–water partition coefficient (Wildman–Crippen LogP) is 21.2. The number of pyridine rings is 2. The molecule has 0 atom stereocenters. The summed E-state index contributed by atoms with van der Waals surface area (Å²) in [7, 11) is 0. The molecule has 0 saturated carbocycles. The minimum atomic E-state index is -0.331. The number of nitrogens with two attached hydrogens (primary N) is 1. The Kier molecular flexibility index (Phi) is 28.9. The van der Waals surface area contributed by atoms with Crippen LogP contribution in [0.15, 0.2) is 50.8 Å². The summed E-state index contributed by atoms with van der Waals surface area (Å²) in [5, 5.41) is 28.4. The Morgan fingerprint density at radius 1 is 0.393 bits per heavy atom. The number of unbranched alkanes of at least 4 members (excludes halogenated alkanes) is 36. The summed E-state index contributed by atoms with van der Waals surface area (Å²) in [4.78, 5) is 56.5. The summed E-state index contributed by atoms with van der Waals surface area (Å²) in [6, 6.07) is 10.5. The molecule has 84 heavy (non-hydrogen) atoms. The second kappa shape index (κ2) is 36.4. The van der Waals surface area contributed by atoms with E-state index >= 15 is 14.4 Å². The second-order valence-electron chi connectivity index (χ2n) is 25.8. The molecule has 0 bridgehead atoms. The summed E-state index contributed by atoms with van der Waals surface area (Å²) < 4.78 is 3.23. The van der Waals surface area contributed by atoms with Crippen LogP contribution in [-0.4, -0.2) is 14.2 Å². The fourth-order valence-electron chi connectivity index (χ4n) is 14.5. The molecule has 5 aromatic rings. The monoisotopic (exact) mass is 1150 g/mol. The maximum Gasteiger partial charge on any atom is 0.261 e. The molecule has 0 unspecified atom stereocenters. The summed E-state index contributed by atoms with van der Waals surface area (Å²) in [5.74, 6) is 5.90. The van der Waals surface area contributed by atoms with E-state index in [0.717, 1.165) is 89.9 Å². The highest BCUT2D eigenvalue weighted by atomic mass is 17.3. The van der Waals surface area contributed by atoms with Crippen molar-refractivity contribution < 1.29 is 15.0 Å². The molecule has 1 aromatic heterocycles. The summed E-state index contributed by atoms with van der Waals surface area (Å²) in [6.07, 6.45) is 52.1. The average Bonchev–Trinajstić information content (AvgIpc) is 0.827. The van der Waals surface area contributed by atoms with Crippen LogP contribution in [0.1, 0.15) is 322 Å². The van der Waals surface area contributed by atoms with E-state index in [9.17, 15) is 10.5 Å². The Morgan fingerprint density at radius 2 is 0.738 bits per heavy atom. The molecule has 0 saturated heterocycles. The molecule has 10 nitrogen and oxygen atoms in total. The third kappa shape index (κ3) is 17.5. The van der Waals surface area contributed by atoms with E-state index in [0.29, 0.717) is 65.0 Å². The van der Waals surface area contributed by atoms with Crippen LogP contribution in [0.2, 0.25) is 0 Å². The Morgan fingerprint density at radius 3 is 1.14 bits per heavy atom. The first kappa shape index (κ1) is 66.7. The topological polar surface area (TPSA) is 150 Å². The van der Waals surface area contributed by atoms with Crippen molar-refractivity contribution in [3.8, 4) is 22.8 Å². The third-order valence-corrected chi connectivity index (χ3v) is 19.3. The highest BCUT2D eigenvalue weighted by Gasteiger charge is 2.31. The first-order valence-corrected chi connectivity index (χ1v) is 35.0. The van der Waals surface area contributed by atoms with Gasteiger partial charge in [0.1, 0.15) is 0 Å². The fraction of sp³-hybridized carbons (Fsp3) is 0.676. The van der Waals surface area contributed by atoms with Crippen molar-refractivity contribution in [2.24, 2.45) is 5.90 Å². The predicted molar refractivity (Wildman–Crippen MR) is 356 cm³/mol. The highest BCUT2D eigenvalue weighted by molar-refractivity contribution is 6.38. The fourth-order valence-corrected chi connectivity index (χ4v) is 14.5. The third-order valence-electron chi connectivity index (χ3n) is 19.3. The van der Waals surface area contributed by atoms with E-state index in [1.807, 2.05) is 24.3 Å². The molecule has 464 valence electrons. The van der Waals surface area contributed by atoms with Gasteiger partial charge >= 0.3 is 0 Å². The smallest absolute Gasteiger partial charge is 0.261 e. The quantitative estimate of drug-likeness (QED) is 0.0113. The minimum absolute atomic E-state index is 0.106. The van der Waals surface area contributed by atoms with Gasteiger partial charge in [0.2, 0.25) is 5.88 Å². The van der Waals surface area contributed by atoms with E-state index in [1.54, 1.807) is 21.3 Å². The normalized spacial score (nSPS) is 12.3. The Bertz CT molecular complexity index is 3150. The van der Waals surface area contributed by atoms with Gasteiger partial charge in [-0.25, -0.2) is 0 Å². The number of fused-ring (bicyclic) bond motifs is 2. The van der Waals surface area contributed by atoms with Crippen LogP contribution in [0, 0.1) is 5.41 Å². The van der Waals surface area contributed by atoms with Gasteiger partial charge in [0.25, 0.3) is 16.7 Å². The Hall–Kier alpha value is -4.80. The van der Waals surface area contributed by atoms with Gasteiger partial charge in [-0.1, -0.05) is 302 Å². The molecular formula is C74H112N4O6. The van der Waals surface area contributed by atoms with Crippen molar-refractivity contribution in [1.82, 2.24) is 9.13 Å². The van der Waals surface area contributed by atoms with Gasteiger partial charge in [-0.2, -0.15) is 5.90 Å². The molecular weight excluding hydrogens is 1040 g/mol. The average molecular weight is 1150 g/mol. The van der Waals surface area contributed by atoms with Crippen molar-refractivity contribution in [1.29, 1.82) is 5.41 Å². The summed E-state index contributed by atoms with van der Waals surface area (Å²) >= 11 is 0. The molecule has 4 N–H and O–H groups in total. The molecule has 0 fully saturated rings. The van der Waals surface area contributed by atoms with Gasteiger partial charge in [-0.05, 0) is 60.7 Å². The van der Waals surface area contributed by atoms with Crippen LogP contribution in [-0.2, 0) is 4.99 Å². The van der Waals surface area contributed by atoms with Crippen molar-refractivity contribution in [2.75, 3.05) is 0 Å². The Balaban J connectivity index is 1.23. The van der Waals surface area contributed by atoms with Crippen LogP contribution >= 0.6 is 0 Å². The van der Waals surface area contributed by atoms with E-state index in [4.69, 9.17) is 15.8 Å². The first-order valence-electron chi connectivity index (χ1n) is 35.0. The number of rotatable bonds is 48. The van der Waals surface area contributed by atoms with Crippen molar-refractivity contribution in [3.63, 3.8) is 0 Å². The van der Waals surface area contributed by atoms with Gasteiger partial charge < -0.3 is 15.4 Å². The summed E-state index contributed by atoms with van der Waals surface area (Å²) in [6.45, 7) is 9.05. The lowest BCUT2D eigenvalue weighted by molar-refractivity contribution is -0.210. The maximum absolute atomic E-state index is 15.2. The van der Waals surface area contributed by atoms with Gasteiger partial charge in [0, 0.05) is 60.7 Å². The van der Waals surface area contributed by atoms with E-state index in [2.05, 4.69) is 27.7 Å². The van der Waals surface area contributed by atoms with E-state index in [-0.39, 0.29) is 45.7 Å². The van der Waals surface area contributed by atoms with E-state index < -0.39 is 0 Å². The molecule has 0 spiro atoms.